The fourth-order valence-corrected chi connectivity index (χ4v) is 2.36. The van der Waals surface area contributed by atoms with Crippen molar-refractivity contribution in [2.24, 2.45) is 0 Å². The minimum Gasteiger partial charge on any atom is -0.484 e. The van der Waals surface area contributed by atoms with Crippen LogP contribution in [0.1, 0.15) is 0 Å². The van der Waals surface area contributed by atoms with E-state index in [9.17, 15) is 9.59 Å². The fraction of sp³-hybridized carbons (Fsp3) is 0.100. The van der Waals surface area contributed by atoms with Crippen molar-refractivity contribution >= 4 is 28.3 Å². The molecule has 0 aromatic heterocycles. The Morgan fingerprint density at radius 2 is 1.46 bits per heavy atom. The van der Waals surface area contributed by atoms with Crippen molar-refractivity contribution in [2.75, 3.05) is 18.5 Å². The Hall–Kier alpha value is -3.54. The monoisotopic (exact) mass is 349 g/mol. The molecule has 3 N–H and O–H groups in total. The van der Waals surface area contributed by atoms with Gasteiger partial charge in [0.05, 0.1) is 6.54 Å². The highest BCUT2D eigenvalue weighted by Crippen LogP contribution is 2.20. The number of fused-ring (bicyclic) bond motifs is 1. The normalized spacial score (nSPS) is 10.2. The fourth-order valence-electron chi connectivity index (χ4n) is 2.36. The third-order valence-corrected chi connectivity index (χ3v) is 3.66. The van der Waals surface area contributed by atoms with Gasteiger partial charge in [0.2, 0.25) is 0 Å². The summed E-state index contributed by atoms with van der Waals surface area (Å²) in [5.41, 5.74) is 5.49. The first kappa shape index (κ1) is 17.3. The lowest BCUT2D eigenvalue weighted by Gasteiger charge is -2.10. The summed E-state index contributed by atoms with van der Waals surface area (Å²) in [7, 11) is 0. The molecule has 3 aromatic rings. The molecule has 26 heavy (non-hydrogen) atoms. The number of para-hydroxylation sites is 1. The maximum absolute atomic E-state index is 11.8. The lowest BCUT2D eigenvalue weighted by atomic mass is 10.1. The van der Waals surface area contributed by atoms with Gasteiger partial charge in [-0.3, -0.25) is 20.4 Å². The van der Waals surface area contributed by atoms with Gasteiger partial charge < -0.3 is 10.1 Å². The van der Waals surface area contributed by atoms with E-state index in [2.05, 4.69) is 16.2 Å². The predicted molar refractivity (Wildman–Crippen MR) is 101 cm³/mol. The van der Waals surface area contributed by atoms with Gasteiger partial charge in [0.1, 0.15) is 5.75 Å². The standard InChI is InChI=1S/C20H19N3O3/c24-19(13-21-17-8-2-1-3-9-17)22-23-20(25)14-26-18-11-10-15-6-4-5-7-16(15)12-18/h1-12,21H,13-14H2,(H,22,24)(H,23,25). The van der Waals surface area contributed by atoms with Gasteiger partial charge in [0.15, 0.2) is 6.61 Å². The molecule has 0 unspecified atom stereocenters. The van der Waals surface area contributed by atoms with Crippen molar-refractivity contribution in [2.45, 2.75) is 0 Å². The number of carbonyl (C=O) groups excluding carboxylic acids is 2. The van der Waals surface area contributed by atoms with Crippen LogP contribution < -0.4 is 20.9 Å². The summed E-state index contributed by atoms with van der Waals surface area (Å²) in [6.45, 7) is -0.138. The van der Waals surface area contributed by atoms with Gasteiger partial charge in [-0.15, -0.1) is 0 Å². The largest absolute Gasteiger partial charge is 0.484 e. The molecule has 0 saturated carbocycles. The van der Waals surface area contributed by atoms with Crippen LogP contribution >= 0.6 is 0 Å². The quantitative estimate of drug-likeness (QED) is 0.598. The Kier molecular flexibility index (Phi) is 5.67. The first-order valence-electron chi connectivity index (χ1n) is 8.19. The van der Waals surface area contributed by atoms with Crippen LogP contribution in [0.5, 0.6) is 5.75 Å². The number of ether oxygens (including phenoxy) is 1. The van der Waals surface area contributed by atoms with Crippen LogP contribution in [0, 0.1) is 0 Å². The number of carbonyl (C=O) groups is 2. The molecule has 3 aromatic carbocycles. The molecule has 0 fully saturated rings. The third kappa shape index (κ3) is 4.98. The van der Waals surface area contributed by atoms with E-state index >= 15 is 0 Å². The number of nitrogens with one attached hydrogen (secondary N) is 3. The SMILES string of the molecule is O=C(CNc1ccccc1)NNC(=O)COc1ccc2ccccc2c1. The summed E-state index contributed by atoms with van der Waals surface area (Å²) in [6, 6.07) is 22.8. The molecule has 0 saturated heterocycles. The Bertz CT molecular complexity index is 897. The number of hydrogen-bond donors (Lipinski definition) is 3. The van der Waals surface area contributed by atoms with Gasteiger partial charge in [-0.25, -0.2) is 0 Å². The topological polar surface area (TPSA) is 79.5 Å². The molecule has 0 aliphatic carbocycles. The molecule has 2 amide bonds. The second kappa shape index (κ2) is 8.53. The minimum absolute atomic E-state index is 0.0514. The highest BCUT2D eigenvalue weighted by atomic mass is 16.5. The van der Waals surface area contributed by atoms with E-state index in [0.717, 1.165) is 16.5 Å². The minimum atomic E-state index is -0.439. The van der Waals surface area contributed by atoms with E-state index < -0.39 is 5.91 Å². The summed E-state index contributed by atoms with van der Waals surface area (Å²) in [5, 5.41) is 5.08. The van der Waals surface area contributed by atoms with E-state index in [-0.39, 0.29) is 19.1 Å². The molecule has 6 heteroatoms. The lowest BCUT2D eigenvalue weighted by molar-refractivity contribution is -0.129. The second-order valence-electron chi connectivity index (χ2n) is 5.61. The molecule has 0 atom stereocenters. The number of benzene rings is 3. The van der Waals surface area contributed by atoms with Crippen LogP contribution in [0.15, 0.2) is 72.8 Å². The van der Waals surface area contributed by atoms with Gasteiger partial charge in [-0.2, -0.15) is 0 Å². The lowest BCUT2D eigenvalue weighted by Crippen LogP contribution is -2.45. The van der Waals surface area contributed by atoms with E-state index in [1.165, 1.54) is 0 Å². The molecule has 0 bridgehead atoms. The Balaban J connectivity index is 1.40. The molecular weight excluding hydrogens is 330 g/mol. The molecule has 3 rings (SSSR count). The van der Waals surface area contributed by atoms with E-state index in [1.807, 2.05) is 66.7 Å². The van der Waals surface area contributed by atoms with E-state index in [0.29, 0.717) is 5.75 Å². The Morgan fingerprint density at radius 3 is 2.27 bits per heavy atom. The smallest absolute Gasteiger partial charge is 0.276 e. The van der Waals surface area contributed by atoms with Crippen LogP contribution in [0.25, 0.3) is 10.8 Å². The van der Waals surface area contributed by atoms with Crippen LogP contribution in [-0.2, 0) is 9.59 Å². The average Bonchev–Trinajstić information content (AvgIpc) is 2.69. The predicted octanol–water partition coefficient (Wildman–Crippen LogP) is 2.48. The van der Waals surface area contributed by atoms with Crippen LogP contribution in [0.4, 0.5) is 5.69 Å². The molecule has 0 aliphatic heterocycles. The van der Waals surface area contributed by atoms with Crippen LogP contribution in [0.2, 0.25) is 0 Å². The molecule has 0 heterocycles. The zero-order valence-corrected chi connectivity index (χ0v) is 14.1. The Morgan fingerprint density at radius 1 is 0.769 bits per heavy atom. The molecule has 132 valence electrons. The van der Waals surface area contributed by atoms with Crippen molar-refractivity contribution in [1.29, 1.82) is 0 Å². The van der Waals surface area contributed by atoms with Gasteiger partial charge in [-0.05, 0) is 35.0 Å². The summed E-state index contributed by atoms with van der Waals surface area (Å²) < 4.78 is 5.46. The second-order valence-corrected chi connectivity index (χ2v) is 5.61. The van der Waals surface area contributed by atoms with Crippen molar-refractivity contribution in [3.8, 4) is 5.75 Å². The molecular formula is C20H19N3O3. The van der Waals surface area contributed by atoms with Crippen molar-refractivity contribution in [3.05, 3.63) is 72.8 Å². The first-order valence-corrected chi connectivity index (χ1v) is 8.19. The maximum Gasteiger partial charge on any atom is 0.276 e. The van der Waals surface area contributed by atoms with E-state index in [1.54, 1.807) is 6.07 Å². The Labute approximate surface area is 151 Å². The van der Waals surface area contributed by atoms with Crippen molar-refractivity contribution in [1.82, 2.24) is 10.9 Å². The number of hydrazine groups is 1. The third-order valence-electron chi connectivity index (χ3n) is 3.66. The molecule has 0 spiro atoms. The maximum atomic E-state index is 11.8. The summed E-state index contributed by atoms with van der Waals surface area (Å²) in [5.74, 6) is -0.199. The van der Waals surface area contributed by atoms with Gasteiger partial charge in [0.25, 0.3) is 11.8 Å². The highest BCUT2D eigenvalue weighted by Gasteiger charge is 2.06. The number of amides is 2. The molecule has 0 aliphatic rings. The zero-order chi connectivity index (χ0) is 18.2. The molecule has 0 radical (unpaired) electrons. The van der Waals surface area contributed by atoms with E-state index in [4.69, 9.17) is 4.74 Å². The zero-order valence-electron chi connectivity index (χ0n) is 14.1. The molecule has 6 nitrogen and oxygen atoms in total. The van der Waals surface area contributed by atoms with Crippen LogP contribution in [0.3, 0.4) is 0 Å². The highest BCUT2D eigenvalue weighted by molar-refractivity contribution is 5.85. The number of anilines is 1. The number of hydrogen-bond acceptors (Lipinski definition) is 4. The van der Waals surface area contributed by atoms with Crippen molar-refractivity contribution < 1.29 is 14.3 Å². The van der Waals surface area contributed by atoms with Gasteiger partial charge >= 0.3 is 0 Å². The van der Waals surface area contributed by atoms with Gasteiger partial charge in [-0.1, -0.05) is 48.5 Å². The summed E-state index contributed by atoms with van der Waals surface area (Å²) in [6.07, 6.45) is 0. The summed E-state index contributed by atoms with van der Waals surface area (Å²) in [4.78, 5) is 23.5. The number of rotatable bonds is 6. The summed E-state index contributed by atoms with van der Waals surface area (Å²) >= 11 is 0. The van der Waals surface area contributed by atoms with Gasteiger partial charge in [0, 0.05) is 5.69 Å². The average molecular weight is 349 g/mol. The van der Waals surface area contributed by atoms with Crippen LogP contribution in [-0.4, -0.2) is 25.0 Å². The van der Waals surface area contributed by atoms with Crippen molar-refractivity contribution in [3.63, 3.8) is 0 Å². The first-order chi connectivity index (χ1) is 12.7.